The van der Waals surface area contributed by atoms with Crippen LogP contribution in [0.2, 0.25) is 0 Å². The Morgan fingerprint density at radius 2 is 1.83 bits per heavy atom. The van der Waals surface area contributed by atoms with Crippen molar-refractivity contribution in [3.8, 4) is 0 Å². The third kappa shape index (κ3) is 3.96. The largest absolute Gasteiger partial charge is 0.353 e. The van der Waals surface area contributed by atoms with E-state index in [1.54, 1.807) is 0 Å². The molecule has 1 saturated heterocycles. The number of nitrogens with one attached hydrogen (secondary N) is 2. The molecule has 1 aromatic carbocycles. The van der Waals surface area contributed by atoms with E-state index in [0.717, 1.165) is 5.56 Å². The maximum Gasteiger partial charge on any atom is 0.241 e. The molecule has 1 fully saturated rings. The molecule has 2 rings (SSSR count). The van der Waals surface area contributed by atoms with Crippen LogP contribution in [-0.2, 0) is 14.6 Å². The first-order chi connectivity index (χ1) is 11.3. The van der Waals surface area contributed by atoms with Crippen molar-refractivity contribution in [1.82, 2.24) is 15.5 Å². The average Bonchev–Trinajstić information content (AvgIpc) is 2.55. The molecule has 1 atom stereocenters. The van der Waals surface area contributed by atoms with Crippen LogP contribution in [0, 0.1) is 0 Å². The maximum absolute atomic E-state index is 12.8. The molecular formula is C17H27N3O3S. The molecule has 24 heavy (non-hydrogen) atoms. The molecular weight excluding hydrogens is 326 g/mol. The standard InChI is InChI=1S/C17H27N3O3S/c1-20(2)15(14-7-5-4-6-8-14)13-19-16(21)17(24(3,22)23)9-11-18-12-10-17/h4-8,15,18H,9-13H2,1-3H3,(H,19,21). The third-order valence-electron chi connectivity index (χ3n) is 4.80. The van der Waals surface area contributed by atoms with Crippen molar-refractivity contribution < 1.29 is 13.2 Å². The number of rotatable bonds is 6. The Bertz CT molecular complexity index is 653. The van der Waals surface area contributed by atoms with E-state index >= 15 is 0 Å². The third-order valence-corrected chi connectivity index (χ3v) is 6.81. The van der Waals surface area contributed by atoms with Crippen LogP contribution < -0.4 is 10.6 Å². The van der Waals surface area contributed by atoms with Gasteiger partial charge in [0.2, 0.25) is 5.91 Å². The van der Waals surface area contributed by atoms with Gasteiger partial charge in [0.25, 0.3) is 0 Å². The van der Waals surface area contributed by atoms with Crippen LogP contribution in [0.4, 0.5) is 0 Å². The predicted molar refractivity (Wildman–Crippen MR) is 95.6 cm³/mol. The fraction of sp³-hybridized carbons (Fsp3) is 0.588. The monoisotopic (exact) mass is 353 g/mol. The Morgan fingerprint density at radius 1 is 1.25 bits per heavy atom. The van der Waals surface area contributed by atoms with Gasteiger partial charge in [-0.15, -0.1) is 0 Å². The first-order valence-corrected chi connectivity index (χ1v) is 10.1. The molecule has 0 saturated carbocycles. The smallest absolute Gasteiger partial charge is 0.241 e. The van der Waals surface area contributed by atoms with Gasteiger partial charge in [0.15, 0.2) is 14.6 Å². The van der Waals surface area contributed by atoms with Crippen molar-refractivity contribution >= 4 is 15.7 Å². The highest BCUT2D eigenvalue weighted by atomic mass is 32.2. The van der Waals surface area contributed by atoms with Crippen LogP contribution in [-0.4, -0.2) is 64.0 Å². The lowest BCUT2D eigenvalue weighted by Gasteiger charge is -2.35. The minimum absolute atomic E-state index is 0.00604. The molecule has 1 aliphatic rings. The average molecular weight is 353 g/mol. The summed E-state index contributed by atoms with van der Waals surface area (Å²) in [6.45, 7) is 1.45. The zero-order valence-electron chi connectivity index (χ0n) is 14.6. The number of likely N-dealkylation sites (N-methyl/N-ethyl adjacent to an activating group) is 1. The van der Waals surface area contributed by atoms with Crippen molar-refractivity contribution in [2.45, 2.75) is 23.6 Å². The molecule has 0 spiro atoms. The molecule has 1 unspecified atom stereocenters. The van der Waals surface area contributed by atoms with Crippen molar-refractivity contribution in [2.75, 3.05) is 40.0 Å². The Morgan fingerprint density at radius 3 is 2.33 bits per heavy atom. The lowest BCUT2D eigenvalue weighted by Crippen LogP contribution is -2.58. The van der Waals surface area contributed by atoms with E-state index in [9.17, 15) is 13.2 Å². The van der Waals surface area contributed by atoms with Gasteiger partial charge < -0.3 is 15.5 Å². The zero-order valence-corrected chi connectivity index (χ0v) is 15.4. The van der Waals surface area contributed by atoms with Gasteiger partial charge in [-0.05, 0) is 45.6 Å². The Kier molecular flexibility index (Phi) is 6.01. The number of amides is 1. The molecule has 2 N–H and O–H groups in total. The van der Waals surface area contributed by atoms with Gasteiger partial charge in [0.1, 0.15) is 0 Å². The highest BCUT2D eigenvalue weighted by molar-refractivity contribution is 7.92. The molecule has 0 aromatic heterocycles. The Labute approximate surface area is 144 Å². The van der Waals surface area contributed by atoms with Crippen molar-refractivity contribution in [2.24, 2.45) is 0 Å². The summed E-state index contributed by atoms with van der Waals surface area (Å²) in [4.78, 5) is 14.8. The number of hydrogen-bond acceptors (Lipinski definition) is 5. The second kappa shape index (κ2) is 7.63. The van der Waals surface area contributed by atoms with Gasteiger partial charge in [-0.1, -0.05) is 30.3 Å². The van der Waals surface area contributed by atoms with Gasteiger partial charge in [0, 0.05) is 12.8 Å². The number of hydrogen-bond donors (Lipinski definition) is 2. The van der Waals surface area contributed by atoms with Gasteiger partial charge in [-0.25, -0.2) is 8.42 Å². The second-order valence-electron chi connectivity index (χ2n) is 6.62. The predicted octanol–water partition coefficient (Wildman–Crippen LogP) is 0.572. The number of carbonyl (C=O) groups is 1. The lowest BCUT2D eigenvalue weighted by atomic mass is 9.95. The molecule has 134 valence electrons. The number of piperidine rings is 1. The SMILES string of the molecule is CN(C)C(CNC(=O)C1(S(C)(=O)=O)CCNCC1)c1ccccc1. The number of benzene rings is 1. The molecule has 0 radical (unpaired) electrons. The zero-order chi connectivity index (χ0) is 17.8. The minimum Gasteiger partial charge on any atom is -0.353 e. The summed E-state index contributed by atoms with van der Waals surface area (Å²) in [5, 5.41) is 6.01. The minimum atomic E-state index is -3.49. The van der Waals surface area contributed by atoms with Crippen molar-refractivity contribution in [3.63, 3.8) is 0 Å². The van der Waals surface area contributed by atoms with E-state index in [2.05, 4.69) is 10.6 Å². The second-order valence-corrected chi connectivity index (χ2v) is 8.94. The van der Waals surface area contributed by atoms with E-state index < -0.39 is 14.6 Å². The molecule has 6 nitrogen and oxygen atoms in total. The van der Waals surface area contributed by atoms with Gasteiger partial charge in [-0.3, -0.25) is 4.79 Å². The summed E-state index contributed by atoms with van der Waals surface area (Å²) in [6.07, 6.45) is 1.80. The van der Waals surface area contributed by atoms with Crippen LogP contribution in [0.15, 0.2) is 30.3 Å². The number of sulfone groups is 1. The first-order valence-electron chi connectivity index (χ1n) is 8.18. The Hall–Kier alpha value is -1.44. The topological polar surface area (TPSA) is 78.5 Å². The summed E-state index contributed by atoms with van der Waals surface area (Å²) in [6, 6.07) is 9.87. The van der Waals surface area contributed by atoms with Crippen LogP contribution in [0.1, 0.15) is 24.4 Å². The van der Waals surface area contributed by atoms with Gasteiger partial charge in [0.05, 0.1) is 6.04 Å². The van der Waals surface area contributed by atoms with E-state index in [4.69, 9.17) is 0 Å². The molecule has 1 aliphatic heterocycles. The first kappa shape index (κ1) is 18.9. The lowest BCUT2D eigenvalue weighted by molar-refractivity contribution is -0.124. The van der Waals surface area contributed by atoms with E-state index in [0.29, 0.717) is 32.5 Å². The van der Waals surface area contributed by atoms with Crippen LogP contribution in [0.3, 0.4) is 0 Å². The fourth-order valence-corrected chi connectivity index (χ4v) is 4.58. The van der Waals surface area contributed by atoms with E-state index in [1.807, 2.05) is 49.3 Å². The number of carbonyl (C=O) groups excluding carboxylic acids is 1. The molecule has 1 heterocycles. The number of nitrogens with zero attached hydrogens (tertiary/aromatic N) is 1. The van der Waals surface area contributed by atoms with Crippen LogP contribution >= 0.6 is 0 Å². The van der Waals surface area contributed by atoms with Crippen molar-refractivity contribution in [1.29, 1.82) is 0 Å². The highest BCUT2D eigenvalue weighted by Gasteiger charge is 2.48. The van der Waals surface area contributed by atoms with Crippen molar-refractivity contribution in [3.05, 3.63) is 35.9 Å². The maximum atomic E-state index is 12.8. The summed E-state index contributed by atoms with van der Waals surface area (Å²) >= 11 is 0. The Balaban J connectivity index is 2.15. The molecule has 1 aromatic rings. The van der Waals surface area contributed by atoms with Gasteiger partial charge >= 0.3 is 0 Å². The van der Waals surface area contributed by atoms with Crippen LogP contribution in [0.5, 0.6) is 0 Å². The molecule has 1 amide bonds. The molecule has 7 heteroatoms. The van der Waals surface area contributed by atoms with E-state index in [-0.39, 0.29) is 11.9 Å². The van der Waals surface area contributed by atoms with E-state index in [1.165, 1.54) is 6.26 Å². The summed E-state index contributed by atoms with van der Waals surface area (Å²) < 4.78 is 23.3. The quantitative estimate of drug-likeness (QED) is 0.782. The molecule has 0 bridgehead atoms. The van der Waals surface area contributed by atoms with Crippen LogP contribution in [0.25, 0.3) is 0 Å². The highest BCUT2D eigenvalue weighted by Crippen LogP contribution is 2.28. The van der Waals surface area contributed by atoms with Gasteiger partial charge in [-0.2, -0.15) is 0 Å². The normalized spacial score (nSPS) is 19.0. The fourth-order valence-electron chi connectivity index (χ4n) is 3.22. The summed E-state index contributed by atoms with van der Waals surface area (Å²) in [5.41, 5.74) is 1.08. The molecule has 0 aliphatic carbocycles. The summed E-state index contributed by atoms with van der Waals surface area (Å²) in [7, 11) is 0.405. The summed E-state index contributed by atoms with van der Waals surface area (Å²) in [5.74, 6) is -0.380.